The predicted molar refractivity (Wildman–Crippen MR) is 105 cm³/mol. The SMILES string of the molecule is CCCCCCCC.O=C1O[C@H]2C(=O)OC[C@H]2/C1=C/c1cccc(C(=O)O)c1. The van der Waals surface area contributed by atoms with Gasteiger partial charge in [0.15, 0.2) is 0 Å². The quantitative estimate of drug-likeness (QED) is 0.427. The Labute approximate surface area is 165 Å². The van der Waals surface area contributed by atoms with Crippen LogP contribution in [0.15, 0.2) is 29.8 Å². The minimum Gasteiger partial charge on any atom is -0.478 e. The molecule has 6 heteroatoms. The van der Waals surface area contributed by atoms with Crippen LogP contribution in [-0.2, 0) is 19.1 Å². The number of benzene rings is 1. The van der Waals surface area contributed by atoms with Crippen LogP contribution in [0.5, 0.6) is 0 Å². The molecule has 1 N–H and O–H groups in total. The molecule has 2 aliphatic heterocycles. The molecule has 0 saturated carbocycles. The molecule has 0 spiro atoms. The average molecular weight is 388 g/mol. The summed E-state index contributed by atoms with van der Waals surface area (Å²) >= 11 is 0. The van der Waals surface area contributed by atoms with Gasteiger partial charge in [-0.1, -0.05) is 64.5 Å². The van der Waals surface area contributed by atoms with Crippen molar-refractivity contribution in [2.24, 2.45) is 5.92 Å². The van der Waals surface area contributed by atoms with E-state index in [0.717, 1.165) is 0 Å². The Balaban J connectivity index is 0.000000300. The molecule has 2 atom stereocenters. The highest BCUT2D eigenvalue weighted by molar-refractivity contribution is 6.01. The lowest BCUT2D eigenvalue weighted by molar-refractivity contribution is -0.154. The second kappa shape index (κ2) is 10.6. The van der Waals surface area contributed by atoms with Crippen LogP contribution in [-0.4, -0.2) is 35.7 Å². The number of ether oxygens (including phenoxy) is 2. The first-order valence-corrected chi connectivity index (χ1v) is 9.90. The molecule has 0 radical (unpaired) electrons. The molecule has 2 fully saturated rings. The van der Waals surface area contributed by atoms with Crippen molar-refractivity contribution in [3.8, 4) is 0 Å². The summed E-state index contributed by atoms with van der Waals surface area (Å²) in [6.07, 6.45) is 9.17. The third-order valence-corrected chi connectivity index (χ3v) is 4.78. The van der Waals surface area contributed by atoms with E-state index in [1.54, 1.807) is 18.2 Å². The van der Waals surface area contributed by atoms with E-state index in [9.17, 15) is 14.4 Å². The number of cyclic esters (lactones) is 1. The minimum atomic E-state index is -1.04. The maximum atomic E-state index is 11.7. The molecule has 1 aromatic rings. The van der Waals surface area contributed by atoms with Crippen molar-refractivity contribution < 1.29 is 29.0 Å². The first kappa shape index (κ1) is 21.7. The topological polar surface area (TPSA) is 89.9 Å². The van der Waals surface area contributed by atoms with E-state index >= 15 is 0 Å². The molecule has 0 aromatic heterocycles. The maximum Gasteiger partial charge on any atom is 0.348 e. The van der Waals surface area contributed by atoms with Crippen LogP contribution in [0.2, 0.25) is 0 Å². The Morgan fingerprint density at radius 2 is 1.82 bits per heavy atom. The number of rotatable bonds is 7. The number of carbonyl (C=O) groups is 3. The van der Waals surface area contributed by atoms with Crippen molar-refractivity contribution in [2.45, 2.75) is 58.5 Å². The van der Waals surface area contributed by atoms with Gasteiger partial charge < -0.3 is 14.6 Å². The van der Waals surface area contributed by atoms with Gasteiger partial charge in [0.2, 0.25) is 6.10 Å². The second-order valence-corrected chi connectivity index (χ2v) is 7.01. The van der Waals surface area contributed by atoms with Crippen LogP contribution in [0.3, 0.4) is 0 Å². The number of hydrogen-bond acceptors (Lipinski definition) is 5. The van der Waals surface area contributed by atoms with E-state index in [-0.39, 0.29) is 12.2 Å². The zero-order chi connectivity index (χ0) is 20.5. The molecular weight excluding hydrogens is 360 g/mol. The van der Waals surface area contributed by atoms with E-state index in [0.29, 0.717) is 11.1 Å². The Hall–Kier alpha value is -2.63. The lowest BCUT2D eigenvalue weighted by atomic mass is 9.96. The number of carboxylic acid groups (broad SMARTS) is 1. The van der Waals surface area contributed by atoms with Gasteiger partial charge in [0.1, 0.15) is 6.61 Å². The van der Waals surface area contributed by atoms with Gasteiger partial charge in [-0.3, -0.25) is 0 Å². The summed E-state index contributed by atoms with van der Waals surface area (Å²) in [5.41, 5.74) is 1.03. The molecule has 0 aliphatic carbocycles. The van der Waals surface area contributed by atoms with E-state index in [1.165, 1.54) is 50.7 Å². The van der Waals surface area contributed by atoms with Gasteiger partial charge in [0.05, 0.1) is 11.5 Å². The molecule has 6 nitrogen and oxygen atoms in total. The van der Waals surface area contributed by atoms with Crippen LogP contribution >= 0.6 is 0 Å². The summed E-state index contributed by atoms with van der Waals surface area (Å²) in [7, 11) is 0. The van der Waals surface area contributed by atoms with Gasteiger partial charge >= 0.3 is 17.9 Å². The molecule has 2 aliphatic rings. The van der Waals surface area contributed by atoms with Crippen molar-refractivity contribution in [2.75, 3.05) is 6.61 Å². The normalized spacial score (nSPS) is 21.6. The number of hydrogen-bond donors (Lipinski definition) is 1. The number of carboxylic acids is 1. The van der Waals surface area contributed by atoms with Crippen molar-refractivity contribution in [3.63, 3.8) is 0 Å². The molecule has 1 aromatic carbocycles. The molecule has 2 saturated heterocycles. The fraction of sp³-hybridized carbons (Fsp3) is 0.500. The number of fused-ring (bicyclic) bond motifs is 1. The van der Waals surface area contributed by atoms with Crippen LogP contribution < -0.4 is 0 Å². The Morgan fingerprint density at radius 1 is 1.14 bits per heavy atom. The van der Waals surface area contributed by atoms with Crippen molar-refractivity contribution >= 4 is 24.0 Å². The third-order valence-electron chi connectivity index (χ3n) is 4.78. The third kappa shape index (κ3) is 5.68. The Morgan fingerprint density at radius 3 is 2.43 bits per heavy atom. The molecule has 3 rings (SSSR count). The van der Waals surface area contributed by atoms with Gasteiger partial charge in [-0.25, -0.2) is 14.4 Å². The Kier molecular flexibility index (Phi) is 8.23. The maximum absolute atomic E-state index is 11.7. The van der Waals surface area contributed by atoms with Gasteiger partial charge in [-0.05, 0) is 23.8 Å². The summed E-state index contributed by atoms with van der Waals surface area (Å²) in [6, 6.07) is 6.18. The molecule has 28 heavy (non-hydrogen) atoms. The number of unbranched alkanes of at least 4 members (excludes halogenated alkanes) is 5. The Bertz CT molecular complexity index is 730. The molecule has 0 unspecified atom stereocenters. The highest BCUT2D eigenvalue weighted by Gasteiger charge is 2.50. The van der Waals surface area contributed by atoms with E-state index in [1.807, 2.05) is 0 Å². The lowest BCUT2D eigenvalue weighted by Crippen LogP contribution is -2.18. The molecular formula is C22H28O6. The predicted octanol–water partition coefficient (Wildman–Crippen LogP) is 4.23. The fourth-order valence-corrected chi connectivity index (χ4v) is 3.18. The fourth-order valence-electron chi connectivity index (χ4n) is 3.18. The standard InChI is InChI=1S/C14H10O6.C8H18/c15-12(16)8-3-1-2-7(4-8)5-9-10-6-19-14(18)11(10)20-13(9)17;1-3-5-7-8-6-4-2/h1-5,10-11H,6H2,(H,15,16);3-8H2,1-2H3/b9-5-;/t10-,11+;/m0./s1. The summed E-state index contributed by atoms with van der Waals surface area (Å²) in [5, 5.41) is 8.93. The first-order valence-electron chi connectivity index (χ1n) is 9.90. The van der Waals surface area contributed by atoms with Crippen molar-refractivity contribution in [1.82, 2.24) is 0 Å². The van der Waals surface area contributed by atoms with Crippen LogP contribution in [0.1, 0.15) is 68.3 Å². The lowest BCUT2D eigenvalue weighted by Gasteiger charge is -2.02. The highest BCUT2D eigenvalue weighted by Crippen LogP contribution is 2.34. The van der Waals surface area contributed by atoms with Gasteiger partial charge in [0.25, 0.3) is 0 Å². The monoisotopic (exact) mass is 388 g/mol. The molecule has 2 heterocycles. The van der Waals surface area contributed by atoms with Gasteiger partial charge in [-0.15, -0.1) is 0 Å². The van der Waals surface area contributed by atoms with Gasteiger partial charge in [0, 0.05) is 5.57 Å². The summed E-state index contributed by atoms with van der Waals surface area (Å²) in [4.78, 5) is 34.0. The molecule has 0 bridgehead atoms. The van der Waals surface area contributed by atoms with Gasteiger partial charge in [-0.2, -0.15) is 0 Å². The number of esters is 2. The van der Waals surface area contributed by atoms with Crippen LogP contribution in [0.25, 0.3) is 6.08 Å². The summed E-state index contributed by atoms with van der Waals surface area (Å²) in [5.74, 6) is -2.55. The molecule has 152 valence electrons. The van der Waals surface area contributed by atoms with E-state index < -0.39 is 29.9 Å². The molecule has 0 amide bonds. The second-order valence-electron chi connectivity index (χ2n) is 7.01. The first-order chi connectivity index (χ1) is 13.5. The summed E-state index contributed by atoms with van der Waals surface area (Å²) in [6.45, 7) is 4.62. The zero-order valence-electron chi connectivity index (χ0n) is 16.5. The van der Waals surface area contributed by atoms with Crippen molar-refractivity contribution in [1.29, 1.82) is 0 Å². The van der Waals surface area contributed by atoms with Crippen LogP contribution in [0.4, 0.5) is 0 Å². The summed E-state index contributed by atoms with van der Waals surface area (Å²) < 4.78 is 9.81. The minimum absolute atomic E-state index is 0.111. The highest BCUT2D eigenvalue weighted by atomic mass is 16.6. The van der Waals surface area contributed by atoms with Crippen LogP contribution in [0, 0.1) is 5.92 Å². The zero-order valence-corrected chi connectivity index (χ0v) is 16.5. The largest absolute Gasteiger partial charge is 0.478 e. The average Bonchev–Trinajstić information content (AvgIpc) is 3.19. The van der Waals surface area contributed by atoms with E-state index in [2.05, 4.69) is 13.8 Å². The number of aromatic carboxylic acids is 1. The smallest absolute Gasteiger partial charge is 0.348 e. The van der Waals surface area contributed by atoms with E-state index in [4.69, 9.17) is 14.6 Å². The number of carbonyl (C=O) groups excluding carboxylic acids is 2. The van der Waals surface area contributed by atoms with Crippen molar-refractivity contribution in [3.05, 3.63) is 41.0 Å².